The number of nitrogens with one attached hydrogen (secondary N) is 1. The maximum atomic E-state index is 11.8. The maximum Gasteiger partial charge on any atom is 0.305 e. The zero-order valence-electron chi connectivity index (χ0n) is 11.4. The first-order chi connectivity index (χ1) is 8.79. The number of hydrogen-bond acceptors (Lipinski definition) is 4. The Hall–Kier alpha value is -2.05. The van der Waals surface area contributed by atoms with E-state index in [0.29, 0.717) is 5.82 Å². The monoisotopic (exact) mass is 268 g/mol. The molecule has 106 valence electrons. The molecular formula is C12H20N4O3. The summed E-state index contributed by atoms with van der Waals surface area (Å²) in [5.74, 6) is -0.785. The Bertz CT molecular complexity index is 468. The van der Waals surface area contributed by atoms with E-state index in [1.54, 1.807) is 13.0 Å². The van der Waals surface area contributed by atoms with Gasteiger partial charge in [0.1, 0.15) is 12.4 Å². The van der Waals surface area contributed by atoms with E-state index >= 15 is 0 Å². The summed E-state index contributed by atoms with van der Waals surface area (Å²) in [5.41, 5.74) is 6.42. The second-order valence-corrected chi connectivity index (χ2v) is 4.88. The lowest BCUT2D eigenvalue weighted by molar-refractivity contribution is -0.138. The summed E-state index contributed by atoms with van der Waals surface area (Å²) in [6, 6.07) is 1.27. The topological polar surface area (TPSA) is 110 Å². The SMILES string of the molecule is Cc1cc(N)n(CC(=O)N[C@@H](CC(=O)O)C(C)C)n1. The van der Waals surface area contributed by atoms with Gasteiger partial charge >= 0.3 is 5.97 Å². The fraction of sp³-hybridized carbons (Fsp3) is 0.583. The Kier molecular flexibility index (Phi) is 4.91. The fourth-order valence-electron chi connectivity index (χ4n) is 1.72. The van der Waals surface area contributed by atoms with Gasteiger partial charge in [-0.3, -0.25) is 9.59 Å². The number of aromatic nitrogens is 2. The summed E-state index contributed by atoms with van der Waals surface area (Å²) >= 11 is 0. The molecule has 0 aliphatic rings. The van der Waals surface area contributed by atoms with Crippen molar-refractivity contribution in [3.8, 4) is 0 Å². The van der Waals surface area contributed by atoms with Crippen LogP contribution in [0.15, 0.2) is 6.07 Å². The summed E-state index contributed by atoms with van der Waals surface area (Å²) in [6.45, 7) is 5.50. The Morgan fingerprint density at radius 3 is 2.58 bits per heavy atom. The van der Waals surface area contributed by atoms with E-state index in [-0.39, 0.29) is 24.8 Å². The van der Waals surface area contributed by atoms with Crippen molar-refractivity contribution in [1.82, 2.24) is 15.1 Å². The average Bonchev–Trinajstić information content (AvgIpc) is 2.55. The standard InChI is InChI=1S/C12H20N4O3/c1-7(2)9(5-12(18)19)14-11(17)6-16-10(13)4-8(3)15-16/h4,7,9H,5-6,13H2,1-3H3,(H,14,17)(H,18,19)/t9-/m0/s1. The molecule has 0 aliphatic heterocycles. The molecule has 1 amide bonds. The third-order valence-corrected chi connectivity index (χ3v) is 2.77. The van der Waals surface area contributed by atoms with Gasteiger partial charge in [-0.25, -0.2) is 4.68 Å². The number of rotatable bonds is 6. The Morgan fingerprint density at radius 1 is 1.53 bits per heavy atom. The van der Waals surface area contributed by atoms with Crippen molar-refractivity contribution < 1.29 is 14.7 Å². The molecule has 0 saturated heterocycles. The molecule has 1 heterocycles. The number of nitrogens with two attached hydrogens (primary N) is 1. The number of aliphatic carboxylic acids is 1. The maximum absolute atomic E-state index is 11.8. The molecule has 0 fully saturated rings. The van der Waals surface area contributed by atoms with Crippen molar-refractivity contribution in [1.29, 1.82) is 0 Å². The van der Waals surface area contributed by atoms with Gasteiger partial charge in [-0.1, -0.05) is 13.8 Å². The number of carboxylic acid groups (broad SMARTS) is 1. The lowest BCUT2D eigenvalue weighted by Crippen LogP contribution is -2.41. The quantitative estimate of drug-likeness (QED) is 0.691. The van der Waals surface area contributed by atoms with Crippen LogP contribution in [-0.4, -0.2) is 32.8 Å². The molecule has 0 bridgehead atoms. The van der Waals surface area contributed by atoms with Crippen LogP contribution in [0.25, 0.3) is 0 Å². The van der Waals surface area contributed by atoms with Crippen LogP contribution in [0.5, 0.6) is 0 Å². The minimum Gasteiger partial charge on any atom is -0.481 e. The molecule has 0 unspecified atom stereocenters. The van der Waals surface area contributed by atoms with Crippen LogP contribution in [0.4, 0.5) is 5.82 Å². The largest absolute Gasteiger partial charge is 0.481 e. The summed E-state index contributed by atoms with van der Waals surface area (Å²) in [6.07, 6.45) is -0.100. The van der Waals surface area contributed by atoms with Gasteiger partial charge in [-0.15, -0.1) is 0 Å². The Labute approximate surface area is 111 Å². The van der Waals surface area contributed by atoms with Gasteiger partial charge in [-0.2, -0.15) is 5.10 Å². The van der Waals surface area contributed by atoms with E-state index in [1.807, 2.05) is 13.8 Å². The Balaban J connectivity index is 2.62. The Morgan fingerprint density at radius 2 is 2.16 bits per heavy atom. The zero-order chi connectivity index (χ0) is 14.6. The summed E-state index contributed by atoms with van der Waals surface area (Å²) in [7, 11) is 0. The molecule has 1 atom stereocenters. The average molecular weight is 268 g/mol. The normalized spacial score (nSPS) is 12.4. The second-order valence-electron chi connectivity index (χ2n) is 4.88. The van der Waals surface area contributed by atoms with Gasteiger partial charge in [0.05, 0.1) is 12.1 Å². The number of carboxylic acids is 1. The van der Waals surface area contributed by atoms with Crippen LogP contribution in [-0.2, 0) is 16.1 Å². The molecule has 4 N–H and O–H groups in total. The number of carbonyl (C=O) groups excluding carboxylic acids is 1. The predicted molar refractivity (Wildman–Crippen MR) is 70.4 cm³/mol. The molecule has 1 aromatic heterocycles. The van der Waals surface area contributed by atoms with Gasteiger partial charge in [0.25, 0.3) is 0 Å². The lowest BCUT2D eigenvalue weighted by atomic mass is 10.0. The van der Waals surface area contributed by atoms with Gasteiger partial charge in [0.15, 0.2) is 0 Å². The highest BCUT2D eigenvalue weighted by Crippen LogP contribution is 2.08. The van der Waals surface area contributed by atoms with E-state index in [0.717, 1.165) is 5.69 Å². The van der Waals surface area contributed by atoms with E-state index in [2.05, 4.69) is 10.4 Å². The highest BCUT2D eigenvalue weighted by atomic mass is 16.4. The number of nitrogen functional groups attached to an aromatic ring is 1. The second kappa shape index (κ2) is 6.21. The smallest absolute Gasteiger partial charge is 0.305 e. The molecule has 7 heteroatoms. The highest BCUT2D eigenvalue weighted by Gasteiger charge is 2.20. The molecule has 0 spiro atoms. The van der Waals surface area contributed by atoms with E-state index in [9.17, 15) is 9.59 Å². The van der Waals surface area contributed by atoms with E-state index in [4.69, 9.17) is 10.8 Å². The molecule has 7 nitrogen and oxygen atoms in total. The van der Waals surface area contributed by atoms with Crippen molar-refractivity contribution >= 4 is 17.7 Å². The molecule has 0 aromatic carbocycles. The predicted octanol–water partition coefficient (Wildman–Crippen LogP) is 0.389. The number of carbonyl (C=O) groups is 2. The minimum atomic E-state index is -0.937. The van der Waals surface area contributed by atoms with Gasteiger partial charge < -0.3 is 16.2 Å². The van der Waals surface area contributed by atoms with Crippen molar-refractivity contribution in [3.63, 3.8) is 0 Å². The summed E-state index contributed by atoms with van der Waals surface area (Å²) in [4.78, 5) is 22.6. The zero-order valence-corrected chi connectivity index (χ0v) is 11.4. The molecule has 19 heavy (non-hydrogen) atoms. The van der Waals surface area contributed by atoms with Crippen LogP contribution in [0.2, 0.25) is 0 Å². The number of hydrogen-bond donors (Lipinski definition) is 3. The number of anilines is 1. The fourth-order valence-corrected chi connectivity index (χ4v) is 1.72. The van der Waals surface area contributed by atoms with Crippen molar-refractivity contribution in [2.75, 3.05) is 5.73 Å². The number of amides is 1. The van der Waals surface area contributed by atoms with Crippen LogP contribution in [0.3, 0.4) is 0 Å². The third kappa shape index (κ3) is 4.61. The van der Waals surface area contributed by atoms with Crippen LogP contribution in [0, 0.1) is 12.8 Å². The van der Waals surface area contributed by atoms with Crippen LogP contribution in [0.1, 0.15) is 26.0 Å². The van der Waals surface area contributed by atoms with E-state index < -0.39 is 12.0 Å². The van der Waals surface area contributed by atoms with Gasteiger partial charge in [-0.05, 0) is 12.8 Å². The van der Waals surface area contributed by atoms with E-state index in [1.165, 1.54) is 4.68 Å². The number of aryl methyl sites for hydroxylation is 1. The molecule has 1 rings (SSSR count). The summed E-state index contributed by atoms with van der Waals surface area (Å²) in [5, 5.41) is 15.6. The van der Waals surface area contributed by atoms with Crippen molar-refractivity contribution in [3.05, 3.63) is 11.8 Å². The van der Waals surface area contributed by atoms with Crippen LogP contribution >= 0.6 is 0 Å². The molecule has 0 aliphatic carbocycles. The van der Waals surface area contributed by atoms with Crippen molar-refractivity contribution in [2.45, 2.75) is 39.8 Å². The molecule has 1 aromatic rings. The van der Waals surface area contributed by atoms with Gasteiger partial charge in [0, 0.05) is 12.1 Å². The molecule has 0 saturated carbocycles. The number of nitrogens with zero attached hydrogens (tertiary/aromatic N) is 2. The third-order valence-electron chi connectivity index (χ3n) is 2.77. The first-order valence-corrected chi connectivity index (χ1v) is 6.10. The van der Waals surface area contributed by atoms with Crippen LogP contribution < -0.4 is 11.1 Å². The lowest BCUT2D eigenvalue weighted by Gasteiger charge is -2.20. The minimum absolute atomic E-state index is 0.0114. The first kappa shape index (κ1) is 15.0. The van der Waals surface area contributed by atoms with Gasteiger partial charge in [0.2, 0.25) is 5.91 Å². The highest BCUT2D eigenvalue weighted by molar-refractivity contribution is 5.77. The molecule has 0 radical (unpaired) electrons. The van der Waals surface area contributed by atoms with Crippen molar-refractivity contribution in [2.24, 2.45) is 5.92 Å². The first-order valence-electron chi connectivity index (χ1n) is 6.10. The molecular weight excluding hydrogens is 248 g/mol. The summed E-state index contributed by atoms with van der Waals surface area (Å²) < 4.78 is 1.39.